The number of halogens is 1. The fraction of sp³-hybridized carbons (Fsp3) is 0.214. The Morgan fingerprint density at radius 2 is 2.00 bits per heavy atom. The third-order valence-corrected chi connectivity index (χ3v) is 5.46. The van der Waals surface area contributed by atoms with Crippen LogP contribution in [0.25, 0.3) is 0 Å². The van der Waals surface area contributed by atoms with Gasteiger partial charge in [-0.05, 0) is 29.1 Å². The van der Waals surface area contributed by atoms with E-state index in [9.17, 15) is 8.42 Å². The Morgan fingerprint density at radius 1 is 1.29 bits per heavy atom. The van der Waals surface area contributed by atoms with Crippen LogP contribution in [0.3, 0.4) is 0 Å². The number of nitrogens with zero attached hydrogens (tertiary/aromatic N) is 2. The Morgan fingerprint density at radius 3 is 2.57 bits per heavy atom. The molecule has 0 bridgehead atoms. The van der Waals surface area contributed by atoms with E-state index in [2.05, 4.69) is 5.10 Å². The fourth-order valence-electron chi connectivity index (χ4n) is 2.32. The molecule has 1 aromatic carbocycles. The Hall–Kier alpha value is -1.37. The van der Waals surface area contributed by atoms with Gasteiger partial charge < -0.3 is 0 Å². The number of rotatable bonds is 3. The molecule has 0 aliphatic carbocycles. The normalized spacial score (nSPS) is 18.9. The van der Waals surface area contributed by atoms with E-state index in [1.807, 2.05) is 29.6 Å². The van der Waals surface area contributed by atoms with Gasteiger partial charge in [-0.15, -0.1) is 11.3 Å². The largest absolute Gasteiger partial charge is 0.247 e. The lowest BCUT2D eigenvalue weighted by molar-refractivity contribution is 0.375. The van der Waals surface area contributed by atoms with Gasteiger partial charge in [0.1, 0.15) is 0 Å². The Labute approximate surface area is 132 Å². The van der Waals surface area contributed by atoms with Gasteiger partial charge in [-0.1, -0.05) is 29.8 Å². The van der Waals surface area contributed by atoms with Crippen molar-refractivity contribution in [1.29, 1.82) is 0 Å². The standard InChI is InChI=1S/C14H13ClN2O2S2/c1-21(18,19)17-13(10-4-6-11(15)7-5-10)9-12(16-17)14-3-2-8-20-14/h2-8,13H,9H2,1H3/t13-/m0/s1. The topological polar surface area (TPSA) is 49.7 Å². The molecule has 1 aliphatic rings. The molecule has 0 saturated carbocycles. The van der Waals surface area contributed by atoms with Crippen LogP contribution in [0.2, 0.25) is 5.02 Å². The predicted molar refractivity (Wildman–Crippen MR) is 86.3 cm³/mol. The van der Waals surface area contributed by atoms with Crippen molar-refractivity contribution >= 4 is 38.7 Å². The fourth-order valence-corrected chi connectivity index (χ4v) is 4.07. The zero-order valence-electron chi connectivity index (χ0n) is 11.2. The summed E-state index contributed by atoms with van der Waals surface area (Å²) in [5, 5.41) is 6.90. The van der Waals surface area contributed by atoms with E-state index in [0.717, 1.165) is 16.2 Å². The molecule has 0 N–H and O–H groups in total. The molecule has 7 heteroatoms. The second-order valence-electron chi connectivity index (χ2n) is 4.83. The van der Waals surface area contributed by atoms with Gasteiger partial charge in [0, 0.05) is 11.4 Å². The highest BCUT2D eigenvalue weighted by Gasteiger charge is 2.34. The van der Waals surface area contributed by atoms with Crippen LogP contribution in [0.4, 0.5) is 0 Å². The summed E-state index contributed by atoms with van der Waals surface area (Å²) in [6.07, 6.45) is 1.74. The van der Waals surface area contributed by atoms with Crippen LogP contribution >= 0.6 is 22.9 Å². The monoisotopic (exact) mass is 340 g/mol. The van der Waals surface area contributed by atoms with Crippen molar-refractivity contribution in [3.05, 3.63) is 57.2 Å². The molecule has 1 aromatic heterocycles. The van der Waals surface area contributed by atoms with Crippen molar-refractivity contribution in [2.24, 2.45) is 5.10 Å². The Bertz CT molecular complexity index is 768. The number of hydrogen-bond acceptors (Lipinski definition) is 4. The lowest BCUT2D eigenvalue weighted by Gasteiger charge is -2.21. The van der Waals surface area contributed by atoms with Crippen molar-refractivity contribution < 1.29 is 8.42 Å². The molecule has 1 aliphatic heterocycles. The van der Waals surface area contributed by atoms with Crippen LogP contribution in [-0.2, 0) is 10.0 Å². The van der Waals surface area contributed by atoms with Gasteiger partial charge in [-0.25, -0.2) is 8.42 Å². The zero-order chi connectivity index (χ0) is 15.0. The molecule has 0 fully saturated rings. The van der Waals surface area contributed by atoms with Crippen molar-refractivity contribution in [2.75, 3.05) is 6.26 Å². The van der Waals surface area contributed by atoms with Gasteiger partial charge in [0.25, 0.3) is 0 Å². The molecule has 1 atom stereocenters. The van der Waals surface area contributed by atoms with Gasteiger partial charge in [0.15, 0.2) is 0 Å². The van der Waals surface area contributed by atoms with E-state index in [1.54, 1.807) is 23.5 Å². The number of thiophene rings is 1. The molecular formula is C14H13ClN2O2S2. The summed E-state index contributed by atoms with van der Waals surface area (Å²) < 4.78 is 25.2. The number of hydrogen-bond donors (Lipinski definition) is 0. The molecule has 110 valence electrons. The van der Waals surface area contributed by atoms with Crippen molar-refractivity contribution in [2.45, 2.75) is 12.5 Å². The van der Waals surface area contributed by atoms with Gasteiger partial charge in [-0.2, -0.15) is 9.52 Å². The van der Waals surface area contributed by atoms with Crippen molar-refractivity contribution in [3.8, 4) is 0 Å². The highest BCUT2D eigenvalue weighted by molar-refractivity contribution is 7.88. The molecule has 0 unspecified atom stereocenters. The number of sulfonamides is 1. The van der Waals surface area contributed by atoms with Gasteiger partial charge in [0.2, 0.25) is 10.0 Å². The third kappa shape index (κ3) is 2.97. The second-order valence-corrected chi connectivity index (χ2v) is 8.06. The summed E-state index contributed by atoms with van der Waals surface area (Å²) in [5.41, 5.74) is 1.69. The summed E-state index contributed by atoms with van der Waals surface area (Å²) >= 11 is 7.45. The quantitative estimate of drug-likeness (QED) is 0.858. The number of benzene rings is 1. The van der Waals surface area contributed by atoms with Crippen LogP contribution in [0.15, 0.2) is 46.9 Å². The van der Waals surface area contributed by atoms with Gasteiger partial charge in [0.05, 0.1) is 22.9 Å². The first-order valence-electron chi connectivity index (χ1n) is 6.31. The maximum Gasteiger partial charge on any atom is 0.247 e. The van der Waals surface area contributed by atoms with Crippen LogP contribution in [0.1, 0.15) is 22.9 Å². The summed E-state index contributed by atoms with van der Waals surface area (Å²) in [7, 11) is -3.42. The van der Waals surface area contributed by atoms with E-state index >= 15 is 0 Å². The van der Waals surface area contributed by atoms with Gasteiger partial charge in [-0.3, -0.25) is 0 Å². The highest BCUT2D eigenvalue weighted by atomic mass is 35.5. The van der Waals surface area contributed by atoms with Crippen molar-refractivity contribution in [3.63, 3.8) is 0 Å². The van der Waals surface area contributed by atoms with E-state index < -0.39 is 10.0 Å². The molecule has 3 rings (SSSR count). The number of hydrazone groups is 1. The molecule has 0 amide bonds. The van der Waals surface area contributed by atoms with Crippen LogP contribution < -0.4 is 0 Å². The average molecular weight is 341 g/mol. The summed E-state index contributed by atoms with van der Waals surface area (Å²) in [4.78, 5) is 1.00. The molecular weight excluding hydrogens is 328 g/mol. The van der Waals surface area contributed by atoms with Gasteiger partial charge >= 0.3 is 0 Å². The SMILES string of the molecule is CS(=O)(=O)N1N=C(c2cccs2)C[C@H]1c1ccc(Cl)cc1. The van der Waals surface area contributed by atoms with Crippen LogP contribution in [-0.4, -0.2) is 24.8 Å². The zero-order valence-corrected chi connectivity index (χ0v) is 13.6. The Kier molecular flexibility index (Phi) is 3.77. The lowest BCUT2D eigenvalue weighted by atomic mass is 10.0. The first-order valence-corrected chi connectivity index (χ1v) is 9.42. The van der Waals surface area contributed by atoms with E-state index in [4.69, 9.17) is 11.6 Å². The molecule has 2 heterocycles. The lowest BCUT2D eigenvalue weighted by Crippen LogP contribution is -2.25. The van der Waals surface area contributed by atoms with Crippen LogP contribution in [0, 0.1) is 0 Å². The molecule has 4 nitrogen and oxygen atoms in total. The van der Waals surface area contributed by atoms with Crippen LogP contribution in [0.5, 0.6) is 0 Å². The molecule has 21 heavy (non-hydrogen) atoms. The summed E-state index contributed by atoms with van der Waals surface area (Å²) in [6, 6.07) is 10.8. The Balaban J connectivity index is 2.00. The summed E-state index contributed by atoms with van der Waals surface area (Å²) in [6.45, 7) is 0. The smallest absolute Gasteiger partial charge is 0.205 e. The highest BCUT2D eigenvalue weighted by Crippen LogP contribution is 2.35. The minimum atomic E-state index is -3.42. The first-order chi connectivity index (χ1) is 9.95. The molecule has 2 aromatic rings. The molecule has 0 saturated heterocycles. The summed E-state index contributed by atoms with van der Waals surface area (Å²) in [5.74, 6) is 0. The first kappa shape index (κ1) is 14.6. The predicted octanol–water partition coefficient (Wildman–Crippen LogP) is 3.51. The molecule has 0 spiro atoms. The third-order valence-electron chi connectivity index (χ3n) is 3.27. The molecule has 0 radical (unpaired) electrons. The average Bonchev–Trinajstić information content (AvgIpc) is 3.07. The van der Waals surface area contributed by atoms with E-state index in [-0.39, 0.29) is 6.04 Å². The maximum absolute atomic E-state index is 12.0. The maximum atomic E-state index is 12.0. The second kappa shape index (κ2) is 5.44. The minimum Gasteiger partial charge on any atom is -0.205 e. The van der Waals surface area contributed by atoms with Crippen molar-refractivity contribution in [1.82, 2.24) is 4.41 Å². The van der Waals surface area contributed by atoms with E-state index in [0.29, 0.717) is 11.4 Å². The minimum absolute atomic E-state index is 0.311. The van der Waals surface area contributed by atoms with E-state index in [1.165, 1.54) is 10.7 Å².